The molecule has 2 aromatic rings. The molecule has 0 unspecified atom stereocenters. The average Bonchev–Trinajstić information content (AvgIpc) is 2.61. The molecule has 2 N–H and O–H groups in total. The van der Waals surface area contributed by atoms with Gasteiger partial charge in [0.15, 0.2) is 6.61 Å². The number of hydrogen-bond donors (Lipinski definition) is 2. The Morgan fingerprint density at radius 2 is 2.00 bits per heavy atom. The summed E-state index contributed by atoms with van der Waals surface area (Å²) < 4.78 is 6.42. The van der Waals surface area contributed by atoms with Crippen molar-refractivity contribution >= 4 is 62.2 Å². The van der Waals surface area contributed by atoms with E-state index in [1.165, 1.54) is 6.08 Å². The summed E-state index contributed by atoms with van der Waals surface area (Å²) in [4.78, 5) is 23.1. The van der Waals surface area contributed by atoms with Crippen LogP contribution in [0.3, 0.4) is 0 Å². The molecular weight excluding hydrogens is 539 g/mol. The number of hydrogen-bond acceptors (Lipinski definition) is 4. The highest BCUT2D eigenvalue weighted by Gasteiger charge is 2.13. The molecular formula is C20H16BrIN2O4. The molecule has 1 amide bonds. The number of benzene rings is 2. The van der Waals surface area contributed by atoms with Gasteiger partial charge < -0.3 is 15.2 Å². The number of nitrogens with zero attached hydrogens (tertiary/aromatic N) is 1. The highest BCUT2D eigenvalue weighted by atomic mass is 127. The molecule has 0 atom stereocenters. The van der Waals surface area contributed by atoms with Crippen molar-refractivity contribution in [3.8, 4) is 11.8 Å². The second-order valence-corrected chi connectivity index (χ2v) is 7.94. The van der Waals surface area contributed by atoms with Crippen LogP contribution in [0.1, 0.15) is 16.7 Å². The predicted octanol–water partition coefficient (Wildman–Crippen LogP) is 4.68. The van der Waals surface area contributed by atoms with Gasteiger partial charge in [-0.05, 0) is 99.4 Å². The molecule has 0 heterocycles. The molecule has 144 valence electrons. The van der Waals surface area contributed by atoms with E-state index in [9.17, 15) is 14.9 Å². The van der Waals surface area contributed by atoms with Crippen LogP contribution in [-0.4, -0.2) is 23.6 Å². The smallest absolute Gasteiger partial charge is 0.341 e. The van der Waals surface area contributed by atoms with E-state index in [0.717, 1.165) is 11.1 Å². The van der Waals surface area contributed by atoms with Crippen molar-refractivity contribution in [2.24, 2.45) is 0 Å². The van der Waals surface area contributed by atoms with Gasteiger partial charge in [-0.3, -0.25) is 4.79 Å². The molecule has 0 saturated heterocycles. The number of ether oxygens (including phenoxy) is 1. The molecule has 0 fully saturated rings. The lowest BCUT2D eigenvalue weighted by Crippen LogP contribution is -2.13. The van der Waals surface area contributed by atoms with Gasteiger partial charge >= 0.3 is 5.97 Å². The number of nitrogens with one attached hydrogen (secondary N) is 1. The Bertz CT molecular complexity index is 989. The highest BCUT2D eigenvalue weighted by Crippen LogP contribution is 2.32. The summed E-state index contributed by atoms with van der Waals surface area (Å²) in [6.07, 6.45) is 1.46. The van der Waals surface area contributed by atoms with Crippen LogP contribution < -0.4 is 10.1 Å². The van der Waals surface area contributed by atoms with E-state index < -0.39 is 18.5 Å². The highest BCUT2D eigenvalue weighted by molar-refractivity contribution is 14.1. The molecule has 0 spiro atoms. The fourth-order valence-electron chi connectivity index (χ4n) is 2.27. The monoisotopic (exact) mass is 554 g/mol. The zero-order valence-corrected chi connectivity index (χ0v) is 18.8. The van der Waals surface area contributed by atoms with Crippen molar-refractivity contribution in [1.29, 1.82) is 5.26 Å². The topological polar surface area (TPSA) is 99.4 Å². The van der Waals surface area contributed by atoms with Crippen molar-refractivity contribution in [3.05, 3.63) is 60.6 Å². The lowest BCUT2D eigenvalue weighted by atomic mass is 10.1. The summed E-state index contributed by atoms with van der Waals surface area (Å²) in [5.74, 6) is -1.21. The van der Waals surface area contributed by atoms with Crippen LogP contribution in [0, 0.1) is 28.7 Å². The largest absolute Gasteiger partial charge is 0.480 e. The summed E-state index contributed by atoms with van der Waals surface area (Å²) in [5.41, 5.74) is 3.31. The maximum Gasteiger partial charge on any atom is 0.341 e. The SMILES string of the molecule is Cc1ccc(NC(=O)/C(C#N)=C/c2cc(Br)c(OCC(=O)O)c(I)c2)cc1C. The third-order valence-corrected chi connectivity index (χ3v) is 5.19. The minimum atomic E-state index is -1.08. The molecule has 0 aliphatic heterocycles. The van der Waals surface area contributed by atoms with Gasteiger partial charge in [0.05, 0.1) is 8.04 Å². The Hall–Kier alpha value is -2.38. The van der Waals surface area contributed by atoms with Crippen molar-refractivity contribution in [2.75, 3.05) is 11.9 Å². The third-order valence-electron chi connectivity index (χ3n) is 3.80. The van der Waals surface area contributed by atoms with Crippen LogP contribution in [0.2, 0.25) is 0 Å². The van der Waals surface area contributed by atoms with Gasteiger partial charge in [-0.25, -0.2) is 4.79 Å². The van der Waals surface area contributed by atoms with E-state index >= 15 is 0 Å². The molecule has 28 heavy (non-hydrogen) atoms. The lowest BCUT2D eigenvalue weighted by molar-refractivity contribution is -0.139. The zero-order chi connectivity index (χ0) is 20.8. The number of nitriles is 1. The van der Waals surface area contributed by atoms with Crippen molar-refractivity contribution in [3.63, 3.8) is 0 Å². The Morgan fingerprint density at radius 1 is 1.29 bits per heavy atom. The minimum absolute atomic E-state index is 0.0554. The van der Waals surface area contributed by atoms with Gasteiger partial charge in [0, 0.05) is 5.69 Å². The number of carbonyl (C=O) groups is 2. The Kier molecular flexibility index (Phi) is 7.60. The van der Waals surface area contributed by atoms with Crippen LogP contribution in [0.5, 0.6) is 5.75 Å². The molecule has 0 saturated carbocycles. The zero-order valence-electron chi connectivity index (χ0n) is 15.0. The number of carboxylic acid groups (broad SMARTS) is 1. The third kappa shape index (κ3) is 5.81. The molecule has 8 heteroatoms. The second-order valence-electron chi connectivity index (χ2n) is 5.92. The van der Waals surface area contributed by atoms with E-state index in [-0.39, 0.29) is 5.57 Å². The number of rotatable bonds is 6. The molecule has 0 aromatic heterocycles. The summed E-state index contributed by atoms with van der Waals surface area (Å²) in [7, 11) is 0. The number of anilines is 1. The van der Waals surface area contributed by atoms with E-state index in [4.69, 9.17) is 9.84 Å². The summed E-state index contributed by atoms with van der Waals surface area (Å²) in [6.45, 7) is 3.45. The number of aryl methyl sites for hydroxylation is 2. The van der Waals surface area contributed by atoms with Crippen LogP contribution >= 0.6 is 38.5 Å². The normalized spacial score (nSPS) is 10.9. The maximum absolute atomic E-state index is 12.5. The fraction of sp³-hybridized carbons (Fsp3) is 0.150. The second kappa shape index (κ2) is 9.71. The molecule has 2 rings (SSSR count). The van der Waals surface area contributed by atoms with Gasteiger partial charge in [0.2, 0.25) is 0 Å². The first kappa shape index (κ1) is 21.9. The average molecular weight is 555 g/mol. The quantitative estimate of drug-likeness (QED) is 0.307. The van der Waals surface area contributed by atoms with E-state index in [1.54, 1.807) is 18.2 Å². The fourth-order valence-corrected chi connectivity index (χ4v) is 4.04. The van der Waals surface area contributed by atoms with E-state index in [1.807, 2.05) is 54.6 Å². The summed E-state index contributed by atoms with van der Waals surface area (Å²) >= 11 is 5.33. The number of aliphatic carboxylic acids is 1. The van der Waals surface area contributed by atoms with Crippen LogP contribution in [0.4, 0.5) is 5.69 Å². The van der Waals surface area contributed by atoms with E-state index in [0.29, 0.717) is 25.0 Å². The van der Waals surface area contributed by atoms with Crippen molar-refractivity contribution in [2.45, 2.75) is 13.8 Å². The van der Waals surface area contributed by atoms with Crippen molar-refractivity contribution in [1.82, 2.24) is 0 Å². The van der Waals surface area contributed by atoms with Crippen LogP contribution in [0.15, 0.2) is 40.4 Å². The maximum atomic E-state index is 12.5. The predicted molar refractivity (Wildman–Crippen MR) is 118 cm³/mol. The summed E-state index contributed by atoms with van der Waals surface area (Å²) in [5, 5.41) is 20.9. The molecule has 0 aliphatic rings. The Balaban J connectivity index is 2.25. The molecule has 0 bridgehead atoms. The first-order chi connectivity index (χ1) is 13.2. The first-order valence-corrected chi connectivity index (χ1v) is 9.92. The first-order valence-electron chi connectivity index (χ1n) is 8.05. The van der Waals surface area contributed by atoms with Gasteiger partial charge in [-0.15, -0.1) is 0 Å². The van der Waals surface area contributed by atoms with Crippen molar-refractivity contribution < 1.29 is 19.4 Å². The van der Waals surface area contributed by atoms with Gasteiger partial charge in [0.1, 0.15) is 17.4 Å². The number of halogens is 2. The number of carboxylic acids is 1. The van der Waals surface area contributed by atoms with Crippen LogP contribution in [0.25, 0.3) is 6.08 Å². The molecule has 6 nitrogen and oxygen atoms in total. The lowest BCUT2D eigenvalue weighted by Gasteiger charge is -2.10. The number of carbonyl (C=O) groups excluding carboxylic acids is 1. The molecule has 0 aliphatic carbocycles. The van der Waals surface area contributed by atoms with Gasteiger partial charge in [0.25, 0.3) is 5.91 Å². The van der Waals surface area contributed by atoms with Gasteiger partial charge in [-0.2, -0.15) is 5.26 Å². The van der Waals surface area contributed by atoms with Crippen LogP contribution in [-0.2, 0) is 9.59 Å². The standard InChI is InChI=1S/C20H16BrIN2O4/c1-11-3-4-15(5-12(11)2)24-20(27)14(9-23)6-13-7-16(21)19(17(22)8-13)28-10-18(25)26/h3-8H,10H2,1-2H3,(H,24,27)(H,25,26)/b14-6+. The number of amides is 1. The minimum Gasteiger partial charge on any atom is -0.480 e. The molecule has 2 aromatic carbocycles. The Labute approximate surface area is 184 Å². The van der Waals surface area contributed by atoms with E-state index in [2.05, 4.69) is 21.2 Å². The van der Waals surface area contributed by atoms with Gasteiger partial charge in [-0.1, -0.05) is 6.07 Å². The molecule has 0 radical (unpaired) electrons. The Morgan fingerprint density at radius 3 is 2.57 bits per heavy atom. The summed E-state index contributed by atoms with van der Waals surface area (Å²) in [6, 6.07) is 10.8.